The Morgan fingerprint density at radius 1 is 1.27 bits per heavy atom. The van der Waals surface area contributed by atoms with Crippen LogP contribution in [0.15, 0.2) is 29.2 Å². The minimum absolute atomic E-state index is 0. The van der Waals surface area contributed by atoms with Crippen LogP contribution in [0.3, 0.4) is 0 Å². The van der Waals surface area contributed by atoms with Crippen molar-refractivity contribution in [1.82, 2.24) is 15.4 Å². The molecule has 2 heterocycles. The van der Waals surface area contributed by atoms with E-state index in [-0.39, 0.29) is 42.4 Å². The van der Waals surface area contributed by atoms with E-state index in [4.69, 9.17) is 4.74 Å². The molecule has 2 saturated heterocycles. The molecule has 2 atom stereocenters. The number of amides is 1. The molecule has 2 aliphatic heterocycles. The number of carbonyl (C=O) groups is 1. The highest BCUT2D eigenvalue weighted by Crippen LogP contribution is 2.27. The van der Waals surface area contributed by atoms with Crippen molar-refractivity contribution in [2.45, 2.75) is 48.7 Å². The molecule has 3 N–H and O–H groups in total. The number of piperidine rings is 1. The number of hydrogen-bond acceptors (Lipinski definition) is 5. The predicted molar refractivity (Wildman–Crippen MR) is 101 cm³/mol. The summed E-state index contributed by atoms with van der Waals surface area (Å²) in [5.74, 6) is -0.222. The van der Waals surface area contributed by atoms with Crippen LogP contribution in [-0.4, -0.2) is 52.7 Å². The normalized spacial score (nSPS) is 24.7. The second-order valence-corrected chi connectivity index (χ2v) is 8.47. The number of halogens is 1. The van der Waals surface area contributed by atoms with Gasteiger partial charge in [0.15, 0.2) is 0 Å². The molecule has 1 aromatic carbocycles. The van der Waals surface area contributed by atoms with Gasteiger partial charge in [-0.15, -0.1) is 12.4 Å². The SMILES string of the molecule is COCCNS(=O)(=O)c1cccc(C(=O)NC2CC3CCC(C2)N3)c1.Cl. The lowest BCUT2D eigenvalue weighted by Crippen LogP contribution is -2.48. The van der Waals surface area contributed by atoms with Gasteiger partial charge in [-0.2, -0.15) is 0 Å². The van der Waals surface area contributed by atoms with E-state index in [1.54, 1.807) is 12.1 Å². The van der Waals surface area contributed by atoms with Crippen LogP contribution in [0.25, 0.3) is 0 Å². The van der Waals surface area contributed by atoms with Crippen LogP contribution in [0.4, 0.5) is 0 Å². The molecule has 2 fully saturated rings. The lowest BCUT2D eigenvalue weighted by Gasteiger charge is -2.29. The van der Waals surface area contributed by atoms with Crippen molar-refractivity contribution in [2.24, 2.45) is 0 Å². The lowest BCUT2D eigenvalue weighted by molar-refractivity contribution is 0.0923. The first-order chi connectivity index (χ1) is 12.0. The van der Waals surface area contributed by atoms with Gasteiger partial charge in [-0.05, 0) is 43.9 Å². The molecular formula is C17H26ClN3O4S. The molecule has 1 aromatic rings. The van der Waals surface area contributed by atoms with Crippen molar-refractivity contribution >= 4 is 28.3 Å². The van der Waals surface area contributed by atoms with Crippen molar-refractivity contribution < 1.29 is 17.9 Å². The number of nitrogens with one attached hydrogen (secondary N) is 3. The average Bonchev–Trinajstić information content (AvgIpc) is 2.93. The third kappa shape index (κ3) is 5.17. The highest BCUT2D eigenvalue weighted by atomic mass is 35.5. The molecule has 9 heteroatoms. The van der Waals surface area contributed by atoms with Gasteiger partial charge in [0.1, 0.15) is 0 Å². The Morgan fingerprint density at radius 3 is 2.62 bits per heavy atom. The van der Waals surface area contributed by atoms with Crippen LogP contribution in [0, 0.1) is 0 Å². The Balaban J connectivity index is 0.00000243. The molecule has 2 unspecified atom stereocenters. The van der Waals surface area contributed by atoms with Gasteiger partial charge in [0.2, 0.25) is 10.0 Å². The van der Waals surface area contributed by atoms with Crippen molar-refractivity contribution in [3.63, 3.8) is 0 Å². The molecule has 2 aliphatic rings. The van der Waals surface area contributed by atoms with Gasteiger partial charge in [-0.25, -0.2) is 13.1 Å². The summed E-state index contributed by atoms with van der Waals surface area (Å²) in [6.07, 6.45) is 4.19. The summed E-state index contributed by atoms with van der Waals surface area (Å²) >= 11 is 0. The second-order valence-electron chi connectivity index (χ2n) is 6.70. The minimum atomic E-state index is -3.65. The zero-order chi connectivity index (χ0) is 17.9. The highest BCUT2D eigenvalue weighted by Gasteiger charge is 2.34. The smallest absolute Gasteiger partial charge is 0.251 e. The third-order valence-electron chi connectivity index (χ3n) is 4.81. The standard InChI is InChI=1S/C17H25N3O4S.ClH/c1-24-8-7-18-25(22,23)16-4-2-3-12(9-16)17(21)20-15-10-13-5-6-14(11-15)19-13;/h2-4,9,13-15,18-19H,5-8,10-11H2,1H3,(H,20,21);1H. The van der Waals surface area contributed by atoms with Gasteiger partial charge >= 0.3 is 0 Å². The Bertz CT molecular complexity index is 716. The van der Waals surface area contributed by atoms with E-state index < -0.39 is 10.0 Å². The number of sulfonamides is 1. The van der Waals surface area contributed by atoms with Crippen LogP contribution in [0.2, 0.25) is 0 Å². The third-order valence-corrected chi connectivity index (χ3v) is 6.27. The Kier molecular flexibility index (Phi) is 7.42. The minimum Gasteiger partial charge on any atom is -0.383 e. The molecule has 146 valence electrons. The van der Waals surface area contributed by atoms with Crippen molar-refractivity contribution in [3.8, 4) is 0 Å². The van der Waals surface area contributed by atoms with Gasteiger partial charge < -0.3 is 15.4 Å². The maximum atomic E-state index is 12.5. The number of methoxy groups -OCH3 is 1. The van der Waals surface area contributed by atoms with Crippen molar-refractivity contribution in [3.05, 3.63) is 29.8 Å². The fraction of sp³-hybridized carbons (Fsp3) is 0.588. The topological polar surface area (TPSA) is 96.5 Å². The summed E-state index contributed by atoms with van der Waals surface area (Å²) in [5.41, 5.74) is 0.362. The first kappa shape index (κ1) is 21.1. The number of benzene rings is 1. The van der Waals surface area contributed by atoms with Gasteiger partial charge in [-0.3, -0.25) is 4.79 Å². The maximum absolute atomic E-state index is 12.5. The summed E-state index contributed by atoms with van der Waals surface area (Å²) in [6.45, 7) is 0.477. The average molecular weight is 404 g/mol. The van der Waals surface area contributed by atoms with Gasteiger partial charge in [0.05, 0.1) is 11.5 Å². The van der Waals surface area contributed by atoms with Crippen molar-refractivity contribution in [2.75, 3.05) is 20.3 Å². The summed E-state index contributed by atoms with van der Waals surface area (Å²) in [6, 6.07) is 7.25. The first-order valence-electron chi connectivity index (χ1n) is 8.63. The number of hydrogen-bond donors (Lipinski definition) is 3. The van der Waals surface area contributed by atoms with E-state index in [2.05, 4.69) is 15.4 Å². The molecule has 0 aliphatic carbocycles. The van der Waals surface area contributed by atoms with Crippen LogP contribution in [-0.2, 0) is 14.8 Å². The largest absolute Gasteiger partial charge is 0.383 e. The van der Waals surface area contributed by atoms with Crippen LogP contribution in [0.5, 0.6) is 0 Å². The first-order valence-corrected chi connectivity index (χ1v) is 10.1. The van der Waals surface area contributed by atoms with Crippen molar-refractivity contribution in [1.29, 1.82) is 0 Å². The molecule has 0 saturated carbocycles. The Morgan fingerprint density at radius 2 is 1.96 bits per heavy atom. The predicted octanol–water partition coefficient (Wildman–Crippen LogP) is 1.05. The zero-order valence-corrected chi connectivity index (χ0v) is 16.4. The molecule has 0 spiro atoms. The van der Waals surface area contributed by atoms with E-state index in [0.29, 0.717) is 17.6 Å². The fourth-order valence-electron chi connectivity index (χ4n) is 3.61. The number of ether oxygens (including phenoxy) is 1. The van der Waals surface area contributed by atoms with Crippen LogP contribution >= 0.6 is 12.4 Å². The van der Waals surface area contributed by atoms with Crippen LogP contribution < -0.4 is 15.4 Å². The van der Waals surface area contributed by atoms with E-state index in [0.717, 1.165) is 25.7 Å². The monoisotopic (exact) mass is 403 g/mol. The number of fused-ring (bicyclic) bond motifs is 2. The molecule has 1 amide bonds. The molecular weight excluding hydrogens is 378 g/mol. The fourth-order valence-corrected chi connectivity index (χ4v) is 4.67. The Labute approximate surface area is 160 Å². The van der Waals surface area contributed by atoms with Gasteiger partial charge in [0.25, 0.3) is 5.91 Å². The number of carbonyl (C=O) groups excluding carboxylic acids is 1. The van der Waals surface area contributed by atoms with E-state index in [1.165, 1.54) is 19.2 Å². The molecule has 3 rings (SSSR count). The molecule has 0 radical (unpaired) electrons. The lowest BCUT2D eigenvalue weighted by atomic mass is 9.99. The summed E-state index contributed by atoms with van der Waals surface area (Å²) in [5, 5.41) is 6.59. The quantitative estimate of drug-likeness (QED) is 0.591. The maximum Gasteiger partial charge on any atom is 0.251 e. The molecule has 26 heavy (non-hydrogen) atoms. The van der Waals surface area contributed by atoms with E-state index in [9.17, 15) is 13.2 Å². The molecule has 2 bridgehead atoms. The second kappa shape index (κ2) is 9.14. The Hall–Kier alpha value is -1.19. The highest BCUT2D eigenvalue weighted by molar-refractivity contribution is 7.89. The molecule has 0 aromatic heterocycles. The summed E-state index contributed by atoms with van der Waals surface area (Å²) < 4.78 is 31.8. The summed E-state index contributed by atoms with van der Waals surface area (Å²) in [4.78, 5) is 12.6. The zero-order valence-electron chi connectivity index (χ0n) is 14.7. The number of rotatable bonds is 7. The van der Waals surface area contributed by atoms with Gasteiger partial charge in [0, 0.05) is 37.3 Å². The van der Waals surface area contributed by atoms with Crippen LogP contribution in [0.1, 0.15) is 36.0 Å². The van der Waals surface area contributed by atoms with Gasteiger partial charge in [-0.1, -0.05) is 6.07 Å². The molecule has 7 nitrogen and oxygen atoms in total. The van der Waals surface area contributed by atoms with E-state index >= 15 is 0 Å². The summed E-state index contributed by atoms with van der Waals surface area (Å²) in [7, 11) is -2.14. The van der Waals surface area contributed by atoms with E-state index in [1.807, 2.05) is 0 Å².